The summed E-state index contributed by atoms with van der Waals surface area (Å²) < 4.78 is 18.8. The van der Waals surface area contributed by atoms with Gasteiger partial charge in [-0.05, 0) is 53.9 Å². The fourth-order valence-electron chi connectivity index (χ4n) is 3.91. The summed E-state index contributed by atoms with van der Waals surface area (Å²) >= 11 is 0. The molecule has 5 rings (SSSR count). The van der Waals surface area contributed by atoms with E-state index >= 15 is 0 Å². The Kier molecular flexibility index (Phi) is 5.91. The third-order valence-corrected chi connectivity index (χ3v) is 5.42. The Hall–Kier alpha value is -3.38. The van der Waals surface area contributed by atoms with Gasteiger partial charge < -0.3 is 15.0 Å². The third kappa shape index (κ3) is 4.11. The lowest BCUT2D eigenvalue weighted by Crippen LogP contribution is -2.31. The Morgan fingerprint density at radius 2 is 1.71 bits per heavy atom. The van der Waals surface area contributed by atoms with Crippen LogP contribution < -0.4 is 15.0 Å². The molecule has 2 heterocycles. The molecule has 3 aromatic carbocycles. The number of rotatable bonds is 4. The van der Waals surface area contributed by atoms with Crippen molar-refractivity contribution in [1.29, 1.82) is 0 Å². The molecule has 0 saturated carbocycles. The van der Waals surface area contributed by atoms with Crippen molar-refractivity contribution in [3.05, 3.63) is 83.7 Å². The highest BCUT2D eigenvalue weighted by Gasteiger charge is 2.21. The molecule has 1 N–H and O–H groups in total. The number of fused-ring (bicyclic) bond motifs is 2. The number of ether oxygens (including phenoxy) is 1. The van der Waals surface area contributed by atoms with Crippen molar-refractivity contribution in [2.45, 2.75) is 13.0 Å². The van der Waals surface area contributed by atoms with E-state index in [4.69, 9.17) is 14.7 Å². The van der Waals surface area contributed by atoms with E-state index in [1.165, 1.54) is 23.3 Å². The predicted octanol–water partition coefficient (Wildman–Crippen LogP) is 5.51. The zero-order valence-corrected chi connectivity index (χ0v) is 17.8. The summed E-state index contributed by atoms with van der Waals surface area (Å²) in [4.78, 5) is 11.8. The van der Waals surface area contributed by atoms with Crippen molar-refractivity contribution in [1.82, 2.24) is 9.97 Å². The molecule has 31 heavy (non-hydrogen) atoms. The smallest absolute Gasteiger partial charge is 0.229 e. The van der Waals surface area contributed by atoms with Gasteiger partial charge in [0.25, 0.3) is 0 Å². The minimum Gasteiger partial charge on any atom is -0.494 e. The molecule has 4 aromatic rings. The van der Waals surface area contributed by atoms with Crippen LogP contribution >= 0.6 is 12.4 Å². The molecular formula is C24H22ClFN4O. The average Bonchev–Trinajstić information content (AvgIpc) is 2.79. The number of hydrogen-bond acceptors (Lipinski definition) is 5. The maximum atomic E-state index is 13.3. The molecule has 0 saturated heterocycles. The van der Waals surface area contributed by atoms with Crippen molar-refractivity contribution in [2.24, 2.45) is 0 Å². The van der Waals surface area contributed by atoms with Crippen molar-refractivity contribution >= 4 is 40.8 Å². The largest absolute Gasteiger partial charge is 0.494 e. The Morgan fingerprint density at radius 1 is 0.935 bits per heavy atom. The maximum absolute atomic E-state index is 13.3. The molecule has 0 aliphatic carbocycles. The van der Waals surface area contributed by atoms with Gasteiger partial charge in [-0.2, -0.15) is 4.98 Å². The minimum absolute atomic E-state index is 0. The lowest BCUT2D eigenvalue weighted by molar-refractivity contribution is 0.419. The third-order valence-electron chi connectivity index (χ3n) is 5.42. The molecule has 158 valence electrons. The number of benzene rings is 3. The van der Waals surface area contributed by atoms with Gasteiger partial charge in [0.1, 0.15) is 22.9 Å². The minimum atomic E-state index is -0.283. The number of methoxy groups -OCH3 is 1. The van der Waals surface area contributed by atoms with E-state index in [-0.39, 0.29) is 18.2 Å². The molecule has 1 aliphatic heterocycles. The molecule has 0 fully saturated rings. The van der Waals surface area contributed by atoms with Crippen LogP contribution in [0.2, 0.25) is 0 Å². The van der Waals surface area contributed by atoms with Crippen molar-refractivity contribution < 1.29 is 9.13 Å². The van der Waals surface area contributed by atoms with Gasteiger partial charge in [-0.3, -0.25) is 0 Å². The van der Waals surface area contributed by atoms with Crippen LogP contribution in [0.15, 0.2) is 66.7 Å². The Labute approximate surface area is 186 Å². The van der Waals surface area contributed by atoms with Gasteiger partial charge in [0.05, 0.1) is 7.11 Å². The second-order valence-corrected chi connectivity index (χ2v) is 7.30. The number of para-hydroxylation sites is 1. The molecule has 0 spiro atoms. The summed E-state index contributed by atoms with van der Waals surface area (Å²) in [5.41, 5.74) is 4.16. The summed E-state index contributed by atoms with van der Waals surface area (Å²) in [6, 6.07) is 20.6. The standard InChI is InChI=1S/C24H21FN4O.ClH/c1-30-21-8-4-7-20-22(21)27-24(26-19-11-9-18(25)10-12-19)28-23(20)29-14-13-16-5-2-3-6-17(16)15-29;/h2-12H,13-15H2,1H3,(H,26,27,28);1H. The number of nitrogens with zero attached hydrogens (tertiary/aromatic N) is 3. The van der Waals surface area contributed by atoms with Crippen LogP contribution in [-0.4, -0.2) is 23.6 Å². The Bertz CT molecular complexity index is 1220. The van der Waals surface area contributed by atoms with Gasteiger partial charge in [0.15, 0.2) is 0 Å². The van der Waals surface area contributed by atoms with Crippen molar-refractivity contribution in [3.8, 4) is 5.75 Å². The fraction of sp³-hybridized carbons (Fsp3) is 0.167. The van der Waals surface area contributed by atoms with Crippen LogP contribution in [-0.2, 0) is 13.0 Å². The number of anilines is 3. The molecule has 0 atom stereocenters. The summed E-state index contributed by atoms with van der Waals surface area (Å²) in [6.07, 6.45) is 0.965. The normalized spacial score (nSPS) is 12.8. The summed E-state index contributed by atoms with van der Waals surface area (Å²) in [5, 5.41) is 4.15. The Balaban J connectivity index is 0.00000231. The second kappa shape index (κ2) is 8.78. The quantitative estimate of drug-likeness (QED) is 0.457. The number of hydrogen-bond donors (Lipinski definition) is 1. The fourth-order valence-corrected chi connectivity index (χ4v) is 3.91. The zero-order chi connectivity index (χ0) is 20.5. The van der Waals surface area contributed by atoms with Gasteiger partial charge >= 0.3 is 0 Å². The first-order valence-corrected chi connectivity index (χ1v) is 9.90. The highest BCUT2D eigenvalue weighted by molar-refractivity contribution is 5.94. The van der Waals surface area contributed by atoms with E-state index in [1.54, 1.807) is 19.2 Å². The van der Waals surface area contributed by atoms with Crippen LogP contribution in [0.4, 0.5) is 21.8 Å². The molecule has 0 radical (unpaired) electrons. The molecule has 7 heteroatoms. The van der Waals surface area contributed by atoms with Gasteiger partial charge in [-0.15, -0.1) is 12.4 Å². The number of nitrogens with one attached hydrogen (secondary N) is 1. The van der Waals surface area contributed by atoms with Gasteiger partial charge in [-0.1, -0.05) is 30.3 Å². The number of aromatic nitrogens is 2. The number of halogens is 2. The first-order valence-electron chi connectivity index (χ1n) is 9.90. The SMILES string of the molecule is COc1cccc2c(N3CCc4ccccc4C3)nc(Nc3ccc(F)cc3)nc12.Cl. The van der Waals surface area contributed by atoms with Crippen LogP contribution in [0.1, 0.15) is 11.1 Å². The molecule has 1 aromatic heterocycles. The van der Waals surface area contributed by atoms with Gasteiger partial charge in [-0.25, -0.2) is 9.37 Å². The molecule has 1 aliphatic rings. The highest BCUT2D eigenvalue weighted by Crippen LogP contribution is 2.34. The summed E-state index contributed by atoms with van der Waals surface area (Å²) in [7, 11) is 1.64. The van der Waals surface area contributed by atoms with Crippen molar-refractivity contribution in [2.75, 3.05) is 23.9 Å². The molecule has 0 bridgehead atoms. The molecule has 5 nitrogen and oxygen atoms in total. The van der Waals surface area contributed by atoms with Crippen LogP contribution in [0.5, 0.6) is 5.75 Å². The lowest BCUT2D eigenvalue weighted by Gasteiger charge is -2.30. The first-order chi connectivity index (χ1) is 14.7. The topological polar surface area (TPSA) is 50.3 Å². The van der Waals surface area contributed by atoms with E-state index in [0.717, 1.165) is 41.9 Å². The first kappa shape index (κ1) is 20.9. The van der Waals surface area contributed by atoms with E-state index in [2.05, 4.69) is 34.5 Å². The zero-order valence-electron chi connectivity index (χ0n) is 17.0. The van der Waals surface area contributed by atoms with Crippen molar-refractivity contribution in [3.63, 3.8) is 0 Å². The maximum Gasteiger partial charge on any atom is 0.229 e. The monoisotopic (exact) mass is 436 g/mol. The van der Waals surface area contributed by atoms with E-state index in [9.17, 15) is 4.39 Å². The Morgan fingerprint density at radius 3 is 2.48 bits per heavy atom. The molecule has 0 amide bonds. The van der Waals surface area contributed by atoms with E-state index in [1.807, 2.05) is 18.2 Å². The summed E-state index contributed by atoms with van der Waals surface area (Å²) in [5.74, 6) is 1.72. The van der Waals surface area contributed by atoms with Crippen LogP contribution in [0.25, 0.3) is 10.9 Å². The summed E-state index contributed by atoms with van der Waals surface area (Å²) in [6.45, 7) is 1.66. The van der Waals surface area contributed by atoms with Gasteiger partial charge in [0.2, 0.25) is 5.95 Å². The van der Waals surface area contributed by atoms with E-state index < -0.39 is 0 Å². The van der Waals surface area contributed by atoms with Crippen LogP contribution in [0.3, 0.4) is 0 Å². The highest BCUT2D eigenvalue weighted by atomic mass is 35.5. The molecule has 0 unspecified atom stereocenters. The van der Waals surface area contributed by atoms with Gasteiger partial charge in [0, 0.05) is 24.2 Å². The van der Waals surface area contributed by atoms with E-state index in [0.29, 0.717) is 11.7 Å². The predicted molar refractivity (Wildman–Crippen MR) is 124 cm³/mol. The lowest BCUT2D eigenvalue weighted by atomic mass is 9.99. The average molecular weight is 437 g/mol. The van der Waals surface area contributed by atoms with Crippen LogP contribution in [0, 0.1) is 5.82 Å². The molecular weight excluding hydrogens is 415 g/mol. The second-order valence-electron chi connectivity index (χ2n) is 7.30.